The van der Waals surface area contributed by atoms with Gasteiger partial charge >= 0.3 is 29.4 Å². The molecule has 3 heterocycles. The number of aliphatic hydroxyl groups is 2. The summed E-state index contributed by atoms with van der Waals surface area (Å²) in [5.41, 5.74) is 4.30. The summed E-state index contributed by atoms with van der Waals surface area (Å²) < 4.78 is 61.7. The van der Waals surface area contributed by atoms with Gasteiger partial charge in [-0.3, -0.25) is 32.5 Å². The van der Waals surface area contributed by atoms with Gasteiger partial charge in [0.1, 0.15) is 36.3 Å². The van der Waals surface area contributed by atoms with Gasteiger partial charge in [0, 0.05) is 30.7 Å². The summed E-state index contributed by atoms with van der Waals surface area (Å²) in [4.78, 5) is 84.3. The molecule has 54 heavy (non-hydrogen) atoms. The molecule has 29 heteroatoms. The number of hydrogen-bond acceptors (Lipinski definition) is 18. The lowest BCUT2D eigenvalue weighted by atomic mass is 9.87. The van der Waals surface area contributed by atoms with Crippen LogP contribution in [0.25, 0.3) is 11.2 Å². The van der Waals surface area contributed by atoms with Crippen LogP contribution in [0, 0.1) is 11.3 Å². The second-order valence-electron chi connectivity index (χ2n) is 12.3. The van der Waals surface area contributed by atoms with E-state index < -0.39 is 84.6 Å². The van der Waals surface area contributed by atoms with Crippen LogP contribution < -0.4 is 16.4 Å². The Kier molecular flexibility index (Phi) is 17.6. The van der Waals surface area contributed by atoms with Crippen molar-refractivity contribution in [2.75, 3.05) is 37.8 Å². The van der Waals surface area contributed by atoms with Crippen LogP contribution in [0.4, 0.5) is 5.82 Å². The number of aliphatic hydroxyl groups excluding tert-OH is 2. The minimum Gasteiger partial charge on any atom is -0.481 e. The van der Waals surface area contributed by atoms with Gasteiger partial charge in [-0.15, -0.1) is 0 Å². The fraction of sp³-hybridized carbons (Fsp3) is 0.680. The van der Waals surface area contributed by atoms with Crippen LogP contribution >= 0.6 is 36.1 Å². The van der Waals surface area contributed by atoms with E-state index in [1.807, 2.05) is 0 Å². The van der Waals surface area contributed by atoms with Gasteiger partial charge in [-0.2, -0.15) is 16.9 Å². The molecular weight excluding hydrogens is 811 g/mol. The lowest BCUT2D eigenvalue weighted by molar-refractivity contribution is -0.140. The molecular formula is C25H44N7O18P3S. The molecule has 0 aromatic carbocycles. The number of aromatic nitrogens is 4. The molecule has 2 aromatic heterocycles. The van der Waals surface area contributed by atoms with Crippen molar-refractivity contribution in [3.63, 3.8) is 0 Å². The monoisotopic (exact) mass is 855 g/mol. The van der Waals surface area contributed by atoms with Gasteiger partial charge < -0.3 is 56.0 Å². The first-order valence-electron chi connectivity index (χ1n) is 15.5. The Morgan fingerprint density at radius 3 is 2.24 bits per heavy atom. The predicted octanol–water partition coefficient (Wildman–Crippen LogP) is -0.938. The first-order chi connectivity index (χ1) is 24.8. The minimum absolute atomic E-state index is 0.0363. The number of carboxylic acids is 1. The van der Waals surface area contributed by atoms with Crippen molar-refractivity contribution in [2.24, 2.45) is 11.3 Å². The van der Waals surface area contributed by atoms with E-state index >= 15 is 0 Å². The number of amides is 2. The van der Waals surface area contributed by atoms with Crippen LogP contribution in [0.5, 0.6) is 0 Å². The number of nitrogens with one attached hydrogen (secondary N) is 2. The Bertz CT molecular complexity index is 1750. The molecule has 0 saturated carbocycles. The third-order valence-electron chi connectivity index (χ3n) is 7.01. The maximum absolute atomic E-state index is 12.6. The Labute approximate surface area is 312 Å². The highest BCUT2D eigenvalue weighted by Gasteiger charge is 2.50. The number of anilines is 1. The molecule has 1 saturated heterocycles. The number of carbonyl (C=O) groups is 3. The number of thiol groups is 1. The van der Waals surface area contributed by atoms with E-state index in [2.05, 4.69) is 47.0 Å². The summed E-state index contributed by atoms with van der Waals surface area (Å²) in [6, 6.07) is 0. The van der Waals surface area contributed by atoms with Crippen molar-refractivity contribution in [3.05, 3.63) is 12.7 Å². The molecule has 308 valence electrons. The number of carbonyl (C=O) groups excluding carboxylic acids is 2. The number of rotatable bonds is 19. The largest absolute Gasteiger partial charge is 0.481 e. The van der Waals surface area contributed by atoms with Crippen molar-refractivity contribution in [1.29, 1.82) is 0 Å². The van der Waals surface area contributed by atoms with Crippen LogP contribution in [0.3, 0.4) is 0 Å². The first kappa shape index (κ1) is 47.5. The smallest absolute Gasteiger partial charge is 0.481 e. The summed E-state index contributed by atoms with van der Waals surface area (Å²) >= 11 is 3.95. The number of fused-ring (bicyclic) bond motifs is 1. The van der Waals surface area contributed by atoms with Crippen molar-refractivity contribution in [3.8, 4) is 0 Å². The molecule has 2 amide bonds. The van der Waals surface area contributed by atoms with Crippen molar-refractivity contribution in [2.45, 2.75) is 64.8 Å². The lowest BCUT2D eigenvalue weighted by Crippen LogP contribution is -2.46. The zero-order valence-electron chi connectivity index (χ0n) is 29.1. The fourth-order valence-electron chi connectivity index (χ4n) is 4.14. The third kappa shape index (κ3) is 14.8. The van der Waals surface area contributed by atoms with Crippen LogP contribution in [0.1, 0.15) is 40.3 Å². The van der Waals surface area contributed by atoms with E-state index in [0.717, 1.165) is 17.2 Å². The number of phosphoric ester groups is 3. The summed E-state index contributed by atoms with van der Waals surface area (Å²) in [5, 5.41) is 34.1. The molecule has 3 rings (SSSR count). The van der Waals surface area contributed by atoms with Gasteiger partial charge in [0.05, 0.1) is 25.5 Å². The van der Waals surface area contributed by atoms with Gasteiger partial charge in [-0.25, -0.2) is 28.6 Å². The summed E-state index contributed by atoms with van der Waals surface area (Å²) in [6.45, 7) is 4.01. The number of phosphoric acid groups is 3. The first-order valence-corrected chi connectivity index (χ1v) is 20.7. The summed E-state index contributed by atoms with van der Waals surface area (Å²) in [7, 11) is -16.3. The molecule has 0 aliphatic carbocycles. The van der Waals surface area contributed by atoms with Crippen molar-refractivity contribution < 1.29 is 85.6 Å². The number of imidazole rings is 1. The Morgan fingerprint density at radius 1 is 1.06 bits per heavy atom. The van der Waals surface area contributed by atoms with E-state index in [1.54, 1.807) is 13.8 Å². The van der Waals surface area contributed by atoms with Crippen LogP contribution in [0.2, 0.25) is 0 Å². The molecule has 1 aliphatic rings. The standard InChI is InChI=1S/C21H36N7O16P3S.C4H8O2/c1-21(2,16(31)19(32)24-4-3-12(29)23-5-6-48)8-41-47(38,39)44-46(36,37)40-7-11-15(43-45(33,34)35)14(30)20(42-11)28-10-27-13-17(22)25-9-26-18(13)28;1-3(2)4(5)6/h9-11,14-16,20,30-31,48H,3-8H2,1-2H3,(H,23,29)(H,24,32)(H,36,37)(H,38,39)(H2,22,25,26)(H2,33,34,35);3H,1-2H3,(H,5,6)/t11-,14-,15-,16+,20-;/m1./s1. The molecule has 2 aromatic rings. The van der Waals surface area contributed by atoms with Crippen LogP contribution in [-0.4, -0.2) is 129 Å². The van der Waals surface area contributed by atoms with Gasteiger partial charge in [0.25, 0.3) is 0 Å². The van der Waals surface area contributed by atoms with E-state index in [4.69, 9.17) is 24.6 Å². The van der Waals surface area contributed by atoms with E-state index in [0.29, 0.717) is 12.3 Å². The normalized spacial score (nSPS) is 21.8. The Hall–Kier alpha value is -2.64. The highest BCUT2D eigenvalue weighted by molar-refractivity contribution is 7.80. The maximum atomic E-state index is 12.6. The highest BCUT2D eigenvalue weighted by Crippen LogP contribution is 2.61. The summed E-state index contributed by atoms with van der Waals surface area (Å²) in [6.07, 6.45) is -6.74. The topological polar surface area (TPSA) is 384 Å². The zero-order chi connectivity index (χ0) is 41.2. The molecule has 0 radical (unpaired) electrons. The Morgan fingerprint density at radius 2 is 1.67 bits per heavy atom. The molecule has 1 aliphatic heterocycles. The van der Waals surface area contributed by atoms with Crippen molar-refractivity contribution >= 4 is 70.9 Å². The number of aliphatic carboxylic acids is 1. The molecule has 25 nitrogen and oxygen atoms in total. The average Bonchev–Trinajstić information content (AvgIpc) is 3.61. The molecule has 2 unspecified atom stereocenters. The molecule has 0 bridgehead atoms. The van der Waals surface area contributed by atoms with E-state index in [9.17, 15) is 57.9 Å². The molecule has 11 N–H and O–H groups in total. The quantitative estimate of drug-likeness (QED) is 0.0600. The second-order valence-corrected chi connectivity index (χ2v) is 17.0. The highest BCUT2D eigenvalue weighted by atomic mass is 32.1. The van der Waals surface area contributed by atoms with Gasteiger partial charge in [0.15, 0.2) is 17.7 Å². The molecule has 7 atom stereocenters. The maximum Gasteiger partial charge on any atom is 0.481 e. The SMILES string of the molecule is CC(C)(COP(=O)(O)OP(=O)(O)OC[C@H]1O[C@@H](n2cnc3c(N)ncnc32)[C@H](O)[C@@H]1OP(=O)(O)O)[C@@H](O)C(=O)NCCC(=O)NCCS.CC(C)C(=O)O. The number of nitrogens with two attached hydrogens (primary N) is 1. The predicted molar refractivity (Wildman–Crippen MR) is 186 cm³/mol. The second kappa shape index (κ2) is 20.0. The number of nitrogen functional groups attached to an aromatic ring is 1. The van der Waals surface area contributed by atoms with E-state index in [-0.39, 0.29) is 41.8 Å². The molecule has 1 fully saturated rings. The molecule has 0 spiro atoms. The van der Waals surface area contributed by atoms with Gasteiger partial charge in [0.2, 0.25) is 11.8 Å². The lowest BCUT2D eigenvalue weighted by Gasteiger charge is -2.30. The van der Waals surface area contributed by atoms with Crippen molar-refractivity contribution in [1.82, 2.24) is 30.2 Å². The number of hydrogen-bond donors (Lipinski definition) is 11. The third-order valence-corrected chi connectivity index (χ3v) is 10.3. The summed E-state index contributed by atoms with van der Waals surface area (Å²) in [5.74, 6) is -1.92. The van der Waals surface area contributed by atoms with Gasteiger partial charge in [-0.05, 0) is 0 Å². The number of nitrogens with zero attached hydrogens (tertiary/aromatic N) is 4. The minimum atomic E-state index is -5.54. The Balaban J connectivity index is 0.00000155. The zero-order valence-corrected chi connectivity index (χ0v) is 32.7. The number of ether oxygens (including phenoxy) is 1. The fourth-order valence-corrected chi connectivity index (χ4v) is 7.08. The average molecular weight is 856 g/mol. The van der Waals surface area contributed by atoms with Gasteiger partial charge in [-0.1, -0.05) is 27.7 Å². The van der Waals surface area contributed by atoms with Crippen LogP contribution in [0.15, 0.2) is 12.7 Å². The number of carboxylic acid groups (broad SMARTS) is 1. The van der Waals surface area contributed by atoms with Crippen LogP contribution in [-0.2, 0) is 50.7 Å². The van der Waals surface area contributed by atoms with E-state index in [1.165, 1.54) is 13.8 Å².